The van der Waals surface area contributed by atoms with E-state index >= 15 is 0 Å². The number of hydrogen-bond donors (Lipinski definition) is 2. The van der Waals surface area contributed by atoms with Crippen molar-refractivity contribution in [1.82, 2.24) is 0 Å². The number of hydrogen-bond acceptors (Lipinski definition) is 4. The first-order chi connectivity index (χ1) is 11.6. The van der Waals surface area contributed by atoms with E-state index in [2.05, 4.69) is 5.32 Å². The van der Waals surface area contributed by atoms with Crippen LogP contribution in [0.2, 0.25) is 0 Å². The van der Waals surface area contributed by atoms with Crippen LogP contribution in [0.4, 0.5) is 10.5 Å². The summed E-state index contributed by atoms with van der Waals surface area (Å²) in [5.74, 6) is -0.643. The Labute approximate surface area is 138 Å². The van der Waals surface area contributed by atoms with E-state index in [0.717, 1.165) is 18.2 Å². The van der Waals surface area contributed by atoms with Gasteiger partial charge in [-0.3, -0.25) is 10.1 Å². The van der Waals surface area contributed by atoms with E-state index in [1.807, 2.05) is 31.2 Å². The van der Waals surface area contributed by atoms with Crippen molar-refractivity contribution in [3.8, 4) is 0 Å². The molecule has 0 bridgehead atoms. The van der Waals surface area contributed by atoms with Crippen LogP contribution in [0.25, 0.3) is 21.9 Å². The molecule has 0 spiro atoms. The van der Waals surface area contributed by atoms with Gasteiger partial charge >= 0.3 is 6.09 Å². The Balaban J connectivity index is 2.05. The standard InChI is InChI=1S/C18H18N2O4/c1-2-3-10-23-18(22)20-12-8-9-14-15(16(12)17(19)21)11-6-4-5-7-13(11)24-14/h4-9H,2-3,10H2,1H3,(H2,19,21)(H,20,22). The van der Waals surface area contributed by atoms with Crippen LogP contribution in [-0.2, 0) is 4.74 Å². The smallest absolute Gasteiger partial charge is 0.411 e. The predicted octanol–water partition coefficient (Wildman–Crippen LogP) is 4.03. The number of benzene rings is 2. The van der Waals surface area contributed by atoms with Crippen LogP contribution >= 0.6 is 0 Å². The molecule has 0 aliphatic rings. The number of rotatable bonds is 5. The molecule has 6 nitrogen and oxygen atoms in total. The molecule has 1 heterocycles. The first kappa shape index (κ1) is 15.9. The van der Waals surface area contributed by atoms with Gasteiger partial charge in [-0.25, -0.2) is 4.79 Å². The predicted molar refractivity (Wildman–Crippen MR) is 92.1 cm³/mol. The molecule has 0 saturated heterocycles. The molecule has 2 amide bonds. The number of carbonyl (C=O) groups excluding carboxylic acids is 2. The van der Waals surface area contributed by atoms with Crippen molar-refractivity contribution in [2.75, 3.05) is 11.9 Å². The van der Waals surface area contributed by atoms with Crippen molar-refractivity contribution in [3.05, 3.63) is 42.0 Å². The zero-order valence-corrected chi connectivity index (χ0v) is 13.3. The van der Waals surface area contributed by atoms with E-state index in [-0.39, 0.29) is 5.56 Å². The van der Waals surface area contributed by atoms with Gasteiger partial charge in [-0.15, -0.1) is 0 Å². The second kappa shape index (κ2) is 6.62. The molecule has 0 aliphatic heterocycles. The highest BCUT2D eigenvalue weighted by molar-refractivity contribution is 6.19. The molecule has 3 rings (SSSR count). The van der Waals surface area contributed by atoms with Crippen molar-refractivity contribution in [2.24, 2.45) is 5.73 Å². The maximum absolute atomic E-state index is 12.0. The minimum absolute atomic E-state index is 0.213. The molecule has 0 radical (unpaired) electrons. The number of primary amides is 1. The van der Waals surface area contributed by atoms with Gasteiger partial charge in [-0.05, 0) is 24.6 Å². The summed E-state index contributed by atoms with van der Waals surface area (Å²) < 4.78 is 10.8. The highest BCUT2D eigenvalue weighted by atomic mass is 16.5. The number of carbonyl (C=O) groups is 2. The second-order valence-corrected chi connectivity index (χ2v) is 5.44. The Morgan fingerprint density at radius 1 is 1.17 bits per heavy atom. The van der Waals surface area contributed by atoms with Gasteiger partial charge in [0.1, 0.15) is 11.2 Å². The lowest BCUT2D eigenvalue weighted by atomic mass is 10.0. The number of para-hydroxylation sites is 1. The largest absolute Gasteiger partial charge is 0.456 e. The van der Waals surface area contributed by atoms with E-state index < -0.39 is 12.0 Å². The number of amides is 2. The molecule has 1 aromatic heterocycles. The molecule has 0 atom stereocenters. The lowest BCUT2D eigenvalue weighted by Crippen LogP contribution is -2.19. The van der Waals surface area contributed by atoms with Crippen LogP contribution in [0.3, 0.4) is 0 Å². The summed E-state index contributed by atoms with van der Waals surface area (Å²) in [5, 5.41) is 3.95. The normalized spacial score (nSPS) is 10.9. The monoisotopic (exact) mass is 326 g/mol. The Bertz CT molecular complexity index is 914. The lowest BCUT2D eigenvalue weighted by Gasteiger charge is -2.10. The van der Waals surface area contributed by atoms with Gasteiger partial charge < -0.3 is 14.9 Å². The number of nitrogens with one attached hydrogen (secondary N) is 1. The van der Waals surface area contributed by atoms with Gasteiger partial charge in [0.2, 0.25) is 0 Å². The van der Waals surface area contributed by atoms with Gasteiger partial charge in [0, 0.05) is 10.8 Å². The van der Waals surface area contributed by atoms with Gasteiger partial charge in [0.25, 0.3) is 5.91 Å². The Hall–Kier alpha value is -3.02. The van der Waals surface area contributed by atoms with Gasteiger partial charge in [0.05, 0.1) is 17.9 Å². The van der Waals surface area contributed by atoms with Crippen molar-refractivity contribution in [3.63, 3.8) is 0 Å². The zero-order valence-electron chi connectivity index (χ0n) is 13.3. The maximum atomic E-state index is 12.0. The minimum atomic E-state index is -0.643. The van der Waals surface area contributed by atoms with E-state index in [0.29, 0.717) is 28.8 Å². The highest BCUT2D eigenvalue weighted by Gasteiger charge is 2.20. The van der Waals surface area contributed by atoms with Crippen LogP contribution in [-0.4, -0.2) is 18.6 Å². The second-order valence-electron chi connectivity index (χ2n) is 5.44. The topological polar surface area (TPSA) is 94.6 Å². The number of furan rings is 1. The Morgan fingerprint density at radius 3 is 2.71 bits per heavy atom. The third-order valence-corrected chi connectivity index (χ3v) is 3.76. The molecule has 124 valence electrons. The van der Waals surface area contributed by atoms with Crippen LogP contribution in [0.5, 0.6) is 0 Å². The van der Waals surface area contributed by atoms with Crippen molar-refractivity contribution < 1.29 is 18.7 Å². The average molecular weight is 326 g/mol. The summed E-state index contributed by atoms with van der Waals surface area (Å²) in [4.78, 5) is 23.9. The summed E-state index contributed by atoms with van der Waals surface area (Å²) in [5.41, 5.74) is 7.26. The first-order valence-electron chi connectivity index (χ1n) is 7.79. The van der Waals surface area contributed by atoms with Gasteiger partial charge in [-0.2, -0.15) is 0 Å². The number of fused-ring (bicyclic) bond motifs is 3. The van der Waals surface area contributed by atoms with E-state index in [9.17, 15) is 9.59 Å². The fourth-order valence-corrected chi connectivity index (χ4v) is 2.63. The minimum Gasteiger partial charge on any atom is -0.456 e. The molecular weight excluding hydrogens is 308 g/mol. The Morgan fingerprint density at radius 2 is 1.96 bits per heavy atom. The van der Waals surface area contributed by atoms with E-state index in [1.165, 1.54) is 0 Å². The summed E-state index contributed by atoms with van der Waals surface area (Å²) >= 11 is 0. The number of anilines is 1. The molecule has 0 unspecified atom stereocenters. The fourth-order valence-electron chi connectivity index (χ4n) is 2.63. The molecule has 0 saturated carbocycles. The van der Waals surface area contributed by atoms with Gasteiger partial charge in [-0.1, -0.05) is 31.5 Å². The molecule has 3 N–H and O–H groups in total. The van der Waals surface area contributed by atoms with Gasteiger partial charge in [0.15, 0.2) is 0 Å². The summed E-state index contributed by atoms with van der Waals surface area (Å²) in [6.45, 7) is 2.33. The first-order valence-corrected chi connectivity index (χ1v) is 7.79. The molecular formula is C18H18N2O4. The van der Waals surface area contributed by atoms with Crippen LogP contribution < -0.4 is 11.1 Å². The molecule has 0 aliphatic carbocycles. The average Bonchev–Trinajstić information content (AvgIpc) is 2.93. The Kier molecular flexibility index (Phi) is 4.37. The van der Waals surface area contributed by atoms with E-state index in [4.69, 9.17) is 14.9 Å². The van der Waals surface area contributed by atoms with Crippen molar-refractivity contribution >= 4 is 39.6 Å². The number of nitrogens with two attached hydrogens (primary N) is 1. The molecule has 6 heteroatoms. The zero-order chi connectivity index (χ0) is 17.1. The summed E-state index contributed by atoms with van der Waals surface area (Å²) in [7, 11) is 0. The third kappa shape index (κ3) is 2.90. The fraction of sp³-hybridized carbons (Fsp3) is 0.222. The van der Waals surface area contributed by atoms with Crippen LogP contribution in [0.1, 0.15) is 30.1 Å². The van der Waals surface area contributed by atoms with E-state index in [1.54, 1.807) is 12.1 Å². The molecule has 2 aromatic carbocycles. The maximum Gasteiger partial charge on any atom is 0.411 e. The lowest BCUT2D eigenvalue weighted by molar-refractivity contribution is 0.100. The van der Waals surface area contributed by atoms with Crippen molar-refractivity contribution in [2.45, 2.75) is 19.8 Å². The molecule has 24 heavy (non-hydrogen) atoms. The number of ether oxygens (including phenoxy) is 1. The molecule has 0 fully saturated rings. The number of unbranched alkanes of at least 4 members (excludes halogenated alkanes) is 1. The molecule has 3 aromatic rings. The summed E-state index contributed by atoms with van der Waals surface area (Å²) in [6.07, 6.45) is 1.09. The third-order valence-electron chi connectivity index (χ3n) is 3.76. The quantitative estimate of drug-likeness (QED) is 0.692. The van der Waals surface area contributed by atoms with Crippen LogP contribution in [0, 0.1) is 0 Å². The summed E-state index contributed by atoms with van der Waals surface area (Å²) in [6, 6.07) is 10.6. The highest BCUT2D eigenvalue weighted by Crippen LogP contribution is 2.34. The SMILES string of the molecule is CCCCOC(=O)Nc1ccc2oc3ccccc3c2c1C(N)=O. The van der Waals surface area contributed by atoms with Crippen molar-refractivity contribution in [1.29, 1.82) is 0 Å². The van der Waals surface area contributed by atoms with Crippen LogP contribution in [0.15, 0.2) is 40.8 Å².